The molecule has 0 spiro atoms. The molecule has 3 atom stereocenters. The fourth-order valence-electron chi connectivity index (χ4n) is 3.72. The zero-order valence-electron chi connectivity index (χ0n) is 15.3. The third kappa shape index (κ3) is 3.82. The van der Waals surface area contributed by atoms with E-state index in [0.717, 1.165) is 25.7 Å². The first-order valence-electron chi connectivity index (χ1n) is 8.72. The number of hydrogen-bond acceptors (Lipinski definition) is 3. The number of halogens is 3. The predicted octanol–water partition coefficient (Wildman–Crippen LogP) is 5.06. The second-order valence-corrected chi connectivity index (χ2v) is 13.5. The molecule has 2 aliphatic rings. The van der Waals surface area contributed by atoms with E-state index >= 15 is 0 Å². The number of alkyl halides is 3. The van der Waals surface area contributed by atoms with E-state index in [9.17, 15) is 18.0 Å². The van der Waals surface area contributed by atoms with Crippen LogP contribution in [0.5, 0.6) is 0 Å². The fourth-order valence-corrected chi connectivity index (χ4v) is 5.39. The van der Waals surface area contributed by atoms with Gasteiger partial charge in [-0.15, -0.1) is 0 Å². The number of fused-ring (bicyclic) bond motifs is 1. The second-order valence-electron chi connectivity index (χ2n) is 8.77. The molecule has 3 nitrogen and oxygen atoms in total. The van der Waals surface area contributed by atoms with Gasteiger partial charge in [0.05, 0.1) is 11.5 Å². The molecule has 24 heavy (non-hydrogen) atoms. The summed E-state index contributed by atoms with van der Waals surface area (Å²) in [7, 11) is -2.13. The van der Waals surface area contributed by atoms with Crippen LogP contribution >= 0.6 is 0 Å². The van der Waals surface area contributed by atoms with Crippen LogP contribution < -0.4 is 0 Å². The van der Waals surface area contributed by atoms with Crippen molar-refractivity contribution in [2.24, 2.45) is 11.8 Å². The largest absolute Gasteiger partial charge is 0.456 e. The zero-order chi connectivity index (χ0) is 18.4. The molecule has 0 saturated heterocycles. The molecular formula is C17H29F3O3Si. The van der Waals surface area contributed by atoms with Crippen molar-refractivity contribution in [3.05, 3.63) is 0 Å². The monoisotopic (exact) mass is 366 g/mol. The average molecular weight is 366 g/mol. The minimum absolute atomic E-state index is 0.0141. The maximum atomic E-state index is 12.4. The zero-order valence-corrected chi connectivity index (χ0v) is 16.3. The van der Waals surface area contributed by atoms with Gasteiger partial charge in [0.15, 0.2) is 14.9 Å². The van der Waals surface area contributed by atoms with Gasteiger partial charge in [0, 0.05) is 0 Å². The molecule has 0 radical (unpaired) electrons. The molecule has 0 N–H and O–H groups in total. The van der Waals surface area contributed by atoms with Crippen molar-refractivity contribution in [3.63, 3.8) is 0 Å². The molecule has 0 aromatic rings. The Balaban J connectivity index is 2.16. The first-order valence-corrected chi connectivity index (χ1v) is 11.6. The van der Waals surface area contributed by atoms with Crippen molar-refractivity contribution in [2.75, 3.05) is 6.61 Å². The van der Waals surface area contributed by atoms with E-state index in [-0.39, 0.29) is 11.0 Å². The highest BCUT2D eigenvalue weighted by molar-refractivity contribution is 6.74. The van der Waals surface area contributed by atoms with Gasteiger partial charge in [-0.1, -0.05) is 33.6 Å². The average Bonchev–Trinajstić information content (AvgIpc) is 2.38. The number of carbonyl (C=O) groups is 1. The number of hydrogen-bond donors (Lipinski definition) is 0. The number of rotatable bonds is 4. The Bertz CT molecular complexity index is 484. The highest BCUT2D eigenvalue weighted by Crippen LogP contribution is 2.58. The van der Waals surface area contributed by atoms with E-state index in [2.05, 4.69) is 38.6 Å². The van der Waals surface area contributed by atoms with E-state index < -0.39 is 38.6 Å². The van der Waals surface area contributed by atoms with Gasteiger partial charge in [0.2, 0.25) is 0 Å². The minimum atomic E-state index is -4.49. The van der Waals surface area contributed by atoms with Gasteiger partial charge in [-0.3, -0.25) is 4.79 Å². The molecule has 2 aliphatic carbocycles. The van der Waals surface area contributed by atoms with Crippen molar-refractivity contribution >= 4 is 14.3 Å². The lowest BCUT2D eigenvalue weighted by molar-refractivity contribution is -0.214. The van der Waals surface area contributed by atoms with Gasteiger partial charge in [-0.2, -0.15) is 13.2 Å². The van der Waals surface area contributed by atoms with Crippen molar-refractivity contribution in [1.82, 2.24) is 0 Å². The first kappa shape index (κ1) is 19.8. The molecule has 7 heteroatoms. The van der Waals surface area contributed by atoms with E-state index in [1.54, 1.807) is 0 Å². The molecular weight excluding hydrogens is 337 g/mol. The summed E-state index contributed by atoms with van der Waals surface area (Å²) in [5.74, 6) is -1.03. The van der Waals surface area contributed by atoms with Crippen molar-refractivity contribution in [3.8, 4) is 0 Å². The molecule has 0 aromatic heterocycles. The Kier molecular flexibility index (Phi) is 5.19. The van der Waals surface area contributed by atoms with E-state index in [4.69, 9.17) is 4.43 Å². The molecule has 140 valence electrons. The van der Waals surface area contributed by atoms with Gasteiger partial charge < -0.3 is 9.16 Å². The molecule has 0 aromatic carbocycles. The molecule has 0 aliphatic heterocycles. The smallest absolute Gasteiger partial charge is 0.422 e. The third-order valence-corrected chi connectivity index (χ3v) is 10.6. The Hall–Kier alpha value is -0.563. The summed E-state index contributed by atoms with van der Waals surface area (Å²) in [6.07, 6.45) is -0.121. The number of carbonyl (C=O) groups excluding carboxylic acids is 1. The lowest BCUT2D eigenvalue weighted by atomic mass is 9.55. The maximum absolute atomic E-state index is 12.4. The van der Waals surface area contributed by atoms with Gasteiger partial charge in [0.1, 0.15) is 0 Å². The summed E-state index contributed by atoms with van der Waals surface area (Å²) in [4.78, 5) is 12.3. The Labute approximate surface area is 143 Å². The van der Waals surface area contributed by atoms with Gasteiger partial charge in [-0.25, -0.2) is 0 Å². The van der Waals surface area contributed by atoms with Crippen LogP contribution in [0.2, 0.25) is 18.1 Å². The Morgan fingerprint density at radius 1 is 1.21 bits per heavy atom. The first-order chi connectivity index (χ1) is 10.8. The topological polar surface area (TPSA) is 35.5 Å². The van der Waals surface area contributed by atoms with Crippen LogP contribution in [0.25, 0.3) is 0 Å². The van der Waals surface area contributed by atoms with Crippen LogP contribution in [0.4, 0.5) is 13.2 Å². The van der Waals surface area contributed by atoms with Crippen molar-refractivity contribution in [1.29, 1.82) is 0 Å². The molecule has 0 unspecified atom stereocenters. The summed E-state index contributed by atoms with van der Waals surface area (Å²) in [5.41, 5.74) is -0.607. The Morgan fingerprint density at radius 2 is 1.83 bits per heavy atom. The highest BCUT2D eigenvalue weighted by atomic mass is 28.4. The maximum Gasteiger partial charge on any atom is 0.422 e. The highest BCUT2D eigenvalue weighted by Gasteiger charge is 2.62. The molecule has 2 saturated carbocycles. The molecule has 2 rings (SSSR count). The quantitative estimate of drug-likeness (QED) is 0.515. The molecule has 0 heterocycles. The normalized spacial score (nSPS) is 31.2. The lowest BCUT2D eigenvalue weighted by Crippen LogP contribution is -2.66. The Morgan fingerprint density at radius 3 is 2.33 bits per heavy atom. The summed E-state index contributed by atoms with van der Waals surface area (Å²) in [6, 6.07) is 0. The van der Waals surface area contributed by atoms with Gasteiger partial charge >= 0.3 is 12.1 Å². The van der Waals surface area contributed by atoms with Crippen molar-refractivity contribution in [2.45, 2.75) is 82.8 Å². The molecule has 2 fully saturated rings. The predicted molar refractivity (Wildman–Crippen MR) is 88.1 cm³/mol. The second kappa shape index (κ2) is 6.31. The van der Waals surface area contributed by atoms with Gasteiger partial charge in [-0.05, 0) is 43.3 Å². The van der Waals surface area contributed by atoms with Crippen LogP contribution in [0.3, 0.4) is 0 Å². The molecule has 0 bridgehead atoms. The van der Waals surface area contributed by atoms with E-state index in [1.807, 2.05) is 0 Å². The lowest BCUT2D eigenvalue weighted by Gasteiger charge is -2.60. The van der Waals surface area contributed by atoms with Gasteiger partial charge in [0.25, 0.3) is 0 Å². The summed E-state index contributed by atoms with van der Waals surface area (Å²) >= 11 is 0. The fraction of sp³-hybridized carbons (Fsp3) is 0.941. The van der Waals surface area contributed by atoms with E-state index in [0.29, 0.717) is 6.42 Å². The summed E-state index contributed by atoms with van der Waals surface area (Å²) in [6.45, 7) is 9.13. The summed E-state index contributed by atoms with van der Waals surface area (Å²) < 4.78 is 48.3. The van der Waals surface area contributed by atoms with Crippen LogP contribution in [-0.2, 0) is 14.0 Å². The minimum Gasteiger partial charge on any atom is -0.456 e. The standard InChI is InChI=1S/C17H29F3O3Si/c1-15(2,3)24(4,5)23-16-9-7-6-8-12(16)10-13(16)14(21)22-11-17(18,19)20/h12-13H,6-11H2,1-5H3/t12-,13-,16+/m1/s1. The van der Waals surface area contributed by atoms with Crippen LogP contribution in [0.1, 0.15) is 52.9 Å². The van der Waals surface area contributed by atoms with Crippen LogP contribution in [0, 0.1) is 11.8 Å². The number of ether oxygens (including phenoxy) is 1. The SMILES string of the molecule is CC(C)(C)[Si](C)(C)O[C@@]12CCCC[C@@H]1C[C@@H]2C(=O)OCC(F)(F)F. The third-order valence-electron chi connectivity index (χ3n) is 6.09. The van der Waals surface area contributed by atoms with E-state index in [1.165, 1.54) is 0 Å². The summed E-state index contributed by atoms with van der Waals surface area (Å²) in [5, 5.41) is -0.0141. The number of esters is 1. The molecule has 0 amide bonds. The van der Waals surface area contributed by atoms with Crippen molar-refractivity contribution < 1.29 is 27.1 Å². The van der Waals surface area contributed by atoms with Crippen LogP contribution in [0.15, 0.2) is 0 Å². The van der Waals surface area contributed by atoms with Crippen LogP contribution in [-0.4, -0.2) is 32.7 Å².